The van der Waals surface area contributed by atoms with Crippen molar-refractivity contribution >= 4 is 23.3 Å². The van der Waals surface area contributed by atoms with Crippen LogP contribution in [-0.4, -0.2) is 24.8 Å². The zero-order valence-corrected chi connectivity index (χ0v) is 15.6. The van der Waals surface area contributed by atoms with Crippen LogP contribution in [0.15, 0.2) is 47.5 Å². The molecule has 1 aliphatic heterocycles. The summed E-state index contributed by atoms with van der Waals surface area (Å²) in [6.45, 7) is 7.26. The Bertz CT molecular complexity index is 817. The third-order valence-electron chi connectivity index (χ3n) is 4.01. The molecule has 3 nitrogen and oxygen atoms in total. The third kappa shape index (κ3) is 4.29. The summed E-state index contributed by atoms with van der Waals surface area (Å²) in [5.74, 6) is -0.296. The van der Waals surface area contributed by atoms with E-state index in [1.165, 1.54) is 5.56 Å². The highest BCUT2D eigenvalue weighted by Crippen LogP contribution is 2.24. The Morgan fingerprint density at radius 1 is 1.16 bits per heavy atom. The smallest absolute Gasteiger partial charge is 0.338 e. The van der Waals surface area contributed by atoms with Crippen LogP contribution >= 0.6 is 11.6 Å². The first-order valence-electron chi connectivity index (χ1n) is 8.44. The highest BCUT2D eigenvalue weighted by molar-refractivity contribution is 6.31. The van der Waals surface area contributed by atoms with Crippen molar-refractivity contribution in [1.29, 1.82) is 0 Å². The van der Waals surface area contributed by atoms with Crippen LogP contribution < -0.4 is 0 Å². The second-order valence-corrected chi connectivity index (χ2v) is 7.93. The predicted octanol–water partition coefficient (Wildman–Crippen LogP) is 4.94. The second-order valence-electron chi connectivity index (χ2n) is 7.50. The minimum absolute atomic E-state index is 0.0462. The number of fused-ring (bicyclic) bond motifs is 1. The zero-order chi connectivity index (χ0) is 18.0. The number of ether oxygens (including phenoxy) is 1. The molecule has 25 heavy (non-hydrogen) atoms. The molecule has 2 aromatic carbocycles. The Hall–Kier alpha value is -2.13. The van der Waals surface area contributed by atoms with E-state index in [0.717, 1.165) is 29.8 Å². The lowest BCUT2D eigenvalue weighted by molar-refractivity contribution is 0.0367. The monoisotopic (exact) mass is 355 g/mol. The van der Waals surface area contributed by atoms with E-state index in [-0.39, 0.29) is 11.4 Å². The fourth-order valence-electron chi connectivity index (χ4n) is 2.74. The molecule has 0 radical (unpaired) electrons. The quantitative estimate of drug-likeness (QED) is 0.732. The lowest BCUT2D eigenvalue weighted by atomic mass is 9.93. The summed E-state index contributed by atoms with van der Waals surface area (Å²) in [6, 6.07) is 13.4. The van der Waals surface area contributed by atoms with E-state index in [1.807, 2.05) is 45.0 Å². The average molecular weight is 356 g/mol. The minimum Gasteiger partial charge on any atom is -0.462 e. The maximum atomic E-state index is 12.2. The Morgan fingerprint density at radius 3 is 2.56 bits per heavy atom. The fraction of sp³-hybridized carbons (Fsp3) is 0.333. The third-order valence-corrected chi connectivity index (χ3v) is 4.24. The summed E-state index contributed by atoms with van der Waals surface area (Å²) in [6.07, 6.45) is 0.924. The van der Waals surface area contributed by atoms with Gasteiger partial charge in [0.25, 0.3) is 0 Å². The highest BCUT2D eigenvalue weighted by atomic mass is 35.5. The van der Waals surface area contributed by atoms with Crippen molar-refractivity contribution in [2.45, 2.75) is 27.2 Å². The van der Waals surface area contributed by atoms with E-state index in [0.29, 0.717) is 17.2 Å². The Labute approximate surface area is 153 Å². The summed E-state index contributed by atoms with van der Waals surface area (Å²) in [7, 11) is 0. The molecule has 0 saturated carbocycles. The molecular weight excluding hydrogens is 334 g/mol. The van der Waals surface area contributed by atoms with Crippen molar-refractivity contribution < 1.29 is 9.53 Å². The van der Waals surface area contributed by atoms with E-state index in [4.69, 9.17) is 16.3 Å². The zero-order valence-electron chi connectivity index (χ0n) is 14.8. The summed E-state index contributed by atoms with van der Waals surface area (Å²) >= 11 is 6.15. The maximum absolute atomic E-state index is 12.2. The molecule has 1 heterocycles. The van der Waals surface area contributed by atoms with Gasteiger partial charge in [-0.25, -0.2) is 4.79 Å². The molecule has 0 aromatic heterocycles. The number of hydrogen-bond acceptors (Lipinski definition) is 3. The van der Waals surface area contributed by atoms with Crippen LogP contribution in [0.1, 0.15) is 47.8 Å². The second kappa shape index (κ2) is 7.01. The predicted molar refractivity (Wildman–Crippen MR) is 102 cm³/mol. The van der Waals surface area contributed by atoms with Crippen molar-refractivity contribution in [3.63, 3.8) is 0 Å². The van der Waals surface area contributed by atoms with Crippen LogP contribution in [0, 0.1) is 5.41 Å². The van der Waals surface area contributed by atoms with Crippen LogP contribution in [0.5, 0.6) is 0 Å². The number of esters is 1. The number of halogens is 1. The van der Waals surface area contributed by atoms with Gasteiger partial charge in [0.1, 0.15) is 0 Å². The first-order chi connectivity index (χ1) is 11.8. The van der Waals surface area contributed by atoms with Gasteiger partial charge >= 0.3 is 5.97 Å². The van der Waals surface area contributed by atoms with Gasteiger partial charge in [-0.15, -0.1) is 0 Å². The standard InChI is InChI=1S/C21H22ClNO2/c1-21(2,3)13-25-20(24)16-6-4-15(5-7-16)19-18-12-17(22)9-8-14(18)10-11-23-19/h4-9,12H,10-11,13H2,1-3H3. The molecule has 0 bridgehead atoms. The molecule has 0 unspecified atom stereocenters. The number of carbonyl (C=O) groups is 1. The van der Waals surface area contributed by atoms with Crippen LogP contribution in [0.25, 0.3) is 0 Å². The van der Waals surface area contributed by atoms with Crippen LogP contribution in [0.3, 0.4) is 0 Å². The van der Waals surface area contributed by atoms with E-state index in [2.05, 4.69) is 11.1 Å². The molecular formula is C21H22ClNO2. The van der Waals surface area contributed by atoms with Crippen molar-refractivity contribution in [3.8, 4) is 0 Å². The van der Waals surface area contributed by atoms with E-state index < -0.39 is 0 Å². The largest absolute Gasteiger partial charge is 0.462 e. The van der Waals surface area contributed by atoms with Gasteiger partial charge < -0.3 is 4.74 Å². The molecule has 0 aliphatic carbocycles. The lowest BCUT2D eigenvalue weighted by Crippen LogP contribution is -2.18. The molecule has 2 aromatic rings. The molecule has 1 aliphatic rings. The average Bonchev–Trinajstić information content (AvgIpc) is 2.58. The number of nitrogens with zero attached hydrogens (tertiary/aromatic N) is 1. The van der Waals surface area contributed by atoms with Gasteiger partial charge in [0.15, 0.2) is 0 Å². The van der Waals surface area contributed by atoms with Crippen molar-refractivity contribution in [1.82, 2.24) is 0 Å². The fourth-order valence-corrected chi connectivity index (χ4v) is 2.91. The van der Waals surface area contributed by atoms with Crippen molar-refractivity contribution in [2.75, 3.05) is 13.2 Å². The number of aliphatic imine (C=N–C) groups is 1. The summed E-state index contributed by atoms with van der Waals surface area (Å²) in [4.78, 5) is 16.8. The maximum Gasteiger partial charge on any atom is 0.338 e. The molecule has 3 rings (SSSR count). The van der Waals surface area contributed by atoms with Gasteiger partial charge in [-0.1, -0.05) is 50.6 Å². The van der Waals surface area contributed by atoms with Gasteiger partial charge in [0, 0.05) is 22.7 Å². The molecule has 0 fully saturated rings. The Morgan fingerprint density at radius 2 is 1.88 bits per heavy atom. The molecule has 0 saturated heterocycles. The molecule has 4 heteroatoms. The molecule has 130 valence electrons. The first-order valence-corrected chi connectivity index (χ1v) is 8.82. The van der Waals surface area contributed by atoms with Gasteiger partial charge in [-0.05, 0) is 41.7 Å². The van der Waals surface area contributed by atoms with Gasteiger partial charge in [-0.3, -0.25) is 4.99 Å². The normalized spacial score (nSPS) is 13.8. The Balaban J connectivity index is 1.81. The summed E-state index contributed by atoms with van der Waals surface area (Å²) in [5.41, 5.74) is 4.74. The van der Waals surface area contributed by atoms with E-state index >= 15 is 0 Å². The number of rotatable bonds is 3. The van der Waals surface area contributed by atoms with Crippen molar-refractivity contribution in [3.05, 3.63) is 69.7 Å². The SMILES string of the molecule is CC(C)(C)COC(=O)c1ccc(C2=NCCc3ccc(Cl)cc32)cc1. The lowest BCUT2D eigenvalue weighted by Gasteiger charge is -2.18. The van der Waals surface area contributed by atoms with Gasteiger partial charge in [0.05, 0.1) is 17.9 Å². The Kier molecular flexibility index (Phi) is 4.96. The van der Waals surface area contributed by atoms with Crippen LogP contribution in [0.4, 0.5) is 0 Å². The van der Waals surface area contributed by atoms with Gasteiger partial charge in [0.2, 0.25) is 0 Å². The molecule has 0 atom stereocenters. The van der Waals surface area contributed by atoms with Gasteiger partial charge in [-0.2, -0.15) is 0 Å². The molecule has 0 spiro atoms. The number of benzene rings is 2. The first kappa shape index (κ1) is 17.7. The number of carbonyl (C=O) groups excluding carboxylic acids is 1. The molecule has 0 N–H and O–H groups in total. The highest BCUT2D eigenvalue weighted by Gasteiger charge is 2.18. The minimum atomic E-state index is -0.296. The van der Waals surface area contributed by atoms with Crippen molar-refractivity contribution in [2.24, 2.45) is 10.4 Å². The topological polar surface area (TPSA) is 38.7 Å². The molecule has 0 amide bonds. The summed E-state index contributed by atoms with van der Waals surface area (Å²) < 4.78 is 5.36. The van der Waals surface area contributed by atoms with Crippen LogP contribution in [-0.2, 0) is 11.2 Å². The van der Waals surface area contributed by atoms with Crippen LogP contribution in [0.2, 0.25) is 5.02 Å². The van der Waals surface area contributed by atoms with E-state index in [1.54, 1.807) is 12.1 Å². The summed E-state index contributed by atoms with van der Waals surface area (Å²) in [5, 5.41) is 0.704. The number of hydrogen-bond donors (Lipinski definition) is 0. The van der Waals surface area contributed by atoms with E-state index in [9.17, 15) is 4.79 Å².